The highest BCUT2D eigenvalue weighted by Crippen LogP contribution is 2.17. The van der Waals surface area contributed by atoms with E-state index in [1.807, 2.05) is 0 Å². The number of carboxylic acids is 1. The second-order valence-corrected chi connectivity index (χ2v) is 4.60. The van der Waals surface area contributed by atoms with E-state index in [0.29, 0.717) is 13.0 Å². The fourth-order valence-electron chi connectivity index (χ4n) is 1.57. The number of aliphatic carboxylic acids is 1. The van der Waals surface area contributed by atoms with Crippen LogP contribution in [0, 0.1) is 5.92 Å². The molecule has 1 rings (SSSR count). The third-order valence-electron chi connectivity index (χ3n) is 2.61. The van der Waals surface area contributed by atoms with Crippen molar-refractivity contribution >= 4 is 11.9 Å². The summed E-state index contributed by atoms with van der Waals surface area (Å²) in [5.41, 5.74) is 0. The van der Waals surface area contributed by atoms with Crippen LogP contribution in [0.3, 0.4) is 0 Å². The van der Waals surface area contributed by atoms with Gasteiger partial charge in [-0.05, 0) is 18.1 Å². The van der Waals surface area contributed by atoms with E-state index in [2.05, 4.69) is 10.5 Å². The predicted octanol–water partition coefficient (Wildman–Crippen LogP) is 1.38. The van der Waals surface area contributed by atoms with Gasteiger partial charge in [-0.2, -0.15) is 0 Å². The van der Waals surface area contributed by atoms with Crippen LogP contribution >= 0.6 is 0 Å². The van der Waals surface area contributed by atoms with E-state index >= 15 is 0 Å². The minimum Gasteiger partial charge on any atom is -0.480 e. The van der Waals surface area contributed by atoms with Crippen LogP contribution in [0.5, 0.6) is 0 Å². The maximum atomic E-state index is 11.3. The van der Waals surface area contributed by atoms with E-state index in [4.69, 9.17) is 14.7 Å². The Bertz CT molecular complexity index is 358. The second kappa shape index (κ2) is 6.91. The summed E-state index contributed by atoms with van der Waals surface area (Å²) >= 11 is 0. The summed E-state index contributed by atoms with van der Waals surface area (Å²) in [5, 5.41) is 17.4. The van der Waals surface area contributed by atoms with Crippen molar-refractivity contribution in [3.8, 4) is 0 Å². The Hall–Kier alpha value is -1.86. The van der Waals surface area contributed by atoms with E-state index in [9.17, 15) is 9.59 Å². The van der Waals surface area contributed by atoms with E-state index in [1.165, 1.54) is 11.9 Å². The fourth-order valence-corrected chi connectivity index (χ4v) is 1.57. The molecule has 0 spiro atoms. The lowest BCUT2D eigenvalue weighted by Crippen LogP contribution is -2.31. The van der Waals surface area contributed by atoms with Gasteiger partial charge in [0.1, 0.15) is 6.04 Å². The second-order valence-electron chi connectivity index (χ2n) is 4.60. The number of ether oxygens (including phenoxy) is 1. The number of nitrogens with zero attached hydrogens (tertiary/aromatic N) is 3. The molecular formula is C11H19N3O5. The molecule has 2 atom stereocenters. The maximum Gasteiger partial charge on any atom is 0.328 e. The van der Waals surface area contributed by atoms with Crippen molar-refractivity contribution in [3.05, 3.63) is 0 Å². The third kappa shape index (κ3) is 4.72. The van der Waals surface area contributed by atoms with Gasteiger partial charge in [0.2, 0.25) is 0 Å². The Morgan fingerprint density at radius 1 is 1.37 bits per heavy atom. The topological polar surface area (TPSA) is 101 Å². The number of carboxylic acid groups (broad SMARTS) is 1. The number of hydrogen-bond acceptors (Lipinski definition) is 6. The fraction of sp³-hybridized carbons (Fsp3) is 0.818. The van der Waals surface area contributed by atoms with Crippen molar-refractivity contribution in [1.82, 2.24) is 5.01 Å². The molecule has 0 aliphatic carbocycles. The molecule has 1 unspecified atom stereocenters. The molecule has 0 aromatic rings. The van der Waals surface area contributed by atoms with Gasteiger partial charge in [0.25, 0.3) is 6.29 Å². The van der Waals surface area contributed by atoms with Crippen LogP contribution in [0.2, 0.25) is 0 Å². The minimum atomic E-state index is -0.935. The summed E-state index contributed by atoms with van der Waals surface area (Å²) in [5.74, 6) is -1.58. The van der Waals surface area contributed by atoms with Crippen molar-refractivity contribution in [2.75, 3.05) is 6.54 Å². The van der Waals surface area contributed by atoms with Crippen LogP contribution in [0.25, 0.3) is 0 Å². The van der Waals surface area contributed by atoms with Gasteiger partial charge >= 0.3 is 11.9 Å². The third-order valence-corrected chi connectivity index (χ3v) is 2.61. The first-order valence-corrected chi connectivity index (χ1v) is 6.18. The Labute approximate surface area is 111 Å². The molecule has 1 saturated heterocycles. The quantitative estimate of drug-likeness (QED) is 0.339. The molecule has 1 aliphatic rings. The highest BCUT2D eigenvalue weighted by atomic mass is 16.8. The molecule has 8 nitrogen and oxygen atoms in total. The highest BCUT2D eigenvalue weighted by Gasteiger charge is 2.30. The minimum absolute atomic E-state index is 0.252. The average molecular weight is 273 g/mol. The first-order chi connectivity index (χ1) is 8.91. The molecule has 0 saturated carbocycles. The van der Waals surface area contributed by atoms with Crippen molar-refractivity contribution in [1.29, 1.82) is 0 Å². The summed E-state index contributed by atoms with van der Waals surface area (Å²) in [7, 11) is 0. The Kier molecular flexibility index (Phi) is 5.53. The van der Waals surface area contributed by atoms with Crippen LogP contribution in [-0.2, 0) is 19.2 Å². The number of rotatable bonds is 6. The maximum absolute atomic E-state index is 11.3. The van der Waals surface area contributed by atoms with E-state index in [0.717, 1.165) is 6.42 Å². The first kappa shape index (κ1) is 15.2. The van der Waals surface area contributed by atoms with Gasteiger partial charge in [-0.25, -0.2) is 4.79 Å². The van der Waals surface area contributed by atoms with E-state index < -0.39 is 24.3 Å². The predicted molar refractivity (Wildman–Crippen MR) is 63.7 cm³/mol. The molecule has 1 fully saturated rings. The summed E-state index contributed by atoms with van der Waals surface area (Å²) < 4.78 is 4.90. The van der Waals surface area contributed by atoms with Gasteiger partial charge in [-0.3, -0.25) is 9.80 Å². The molecule has 1 aliphatic heterocycles. The van der Waals surface area contributed by atoms with Crippen LogP contribution < -0.4 is 0 Å². The van der Waals surface area contributed by atoms with E-state index in [1.54, 1.807) is 13.8 Å². The summed E-state index contributed by atoms with van der Waals surface area (Å²) in [6.07, 6.45) is 0.421. The van der Waals surface area contributed by atoms with Gasteiger partial charge in [0.15, 0.2) is 0 Å². The molecule has 0 bridgehead atoms. The standard InChI is InChI=1S/C11H19N3O5/c1-7(2)11(17)18-8(3)19-13-12-14-6-4-5-9(14)10(15)16/h7-9H,4-6H2,1-3H3,(H,15,16)/b13-12-/t8?,9-/m0/s1. The molecule has 0 aromatic carbocycles. The molecule has 19 heavy (non-hydrogen) atoms. The van der Waals surface area contributed by atoms with Gasteiger partial charge in [-0.1, -0.05) is 13.8 Å². The SMILES string of the molecule is CC(O/N=N\N1CCC[C@H]1C(=O)O)OC(=O)C(C)C. The first-order valence-electron chi connectivity index (χ1n) is 6.18. The van der Waals surface area contributed by atoms with Crippen molar-refractivity contribution in [3.63, 3.8) is 0 Å². The zero-order valence-electron chi connectivity index (χ0n) is 11.3. The lowest BCUT2D eigenvalue weighted by atomic mass is 10.2. The smallest absolute Gasteiger partial charge is 0.328 e. The van der Waals surface area contributed by atoms with Crippen LogP contribution in [0.1, 0.15) is 33.6 Å². The monoisotopic (exact) mass is 273 g/mol. The van der Waals surface area contributed by atoms with Crippen molar-refractivity contribution < 1.29 is 24.3 Å². The molecule has 0 aromatic heterocycles. The summed E-state index contributed by atoms with van der Waals surface area (Å²) in [6.45, 7) is 5.44. The highest BCUT2D eigenvalue weighted by molar-refractivity contribution is 5.73. The van der Waals surface area contributed by atoms with Gasteiger partial charge < -0.3 is 14.7 Å². The largest absolute Gasteiger partial charge is 0.480 e. The summed E-state index contributed by atoms with van der Waals surface area (Å²) in [6, 6.07) is -0.666. The number of carbonyl (C=O) groups excluding carboxylic acids is 1. The number of esters is 1. The molecule has 0 radical (unpaired) electrons. The Morgan fingerprint density at radius 3 is 2.63 bits per heavy atom. The molecule has 1 N–H and O–H groups in total. The molecule has 0 amide bonds. The van der Waals surface area contributed by atoms with Gasteiger partial charge in [-0.15, -0.1) is 0 Å². The lowest BCUT2D eigenvalue weighted by molar-refractivity contribution is -0.181. The van der Waals surface area contributed by atoms with Crippen LogP contribution in [-0.4, -0.2) is 40.9 Å². The van der Waals surface area contributed by atoms with Crippen molar-refractivity contribution in [2.45, 2.75) is 45.9 Å². The van der Waals surface area contributed by atoms with Crippen molar-refractivity contribution in [2.24, 2.45) is 16.4 Å². The normalized spacial score (nSPS) is 20.8. The molecular weight excluding hydrogens is 254 g/mol. The molecule has 8 heteroatoms. The Balaban J connectivity index is 2.37. The average Bonchev–Trinajstić information content (AvgIpc) is 2.77. The summed E-state index contributed by atoms with van der Waals surface area (Å²) in [4.78, 5) is 27.0. The van der Waals surface area contributed by atoms with Crippen LogP contribution in [0.15, 0.2) is 10.5 Å². The van der Waals surface area contributed by atoms with Crippen LogP contribution in [0.4, 0.5) is 0 Å². The zero-order valence-corrected chi connectivity index (χ0v) is 11.3. The van der Waals surface area contributed by atoms with Gasteiger partial charge in [0.05, 0.1) is 5.92 Å². The number of carbonyl (C=O) groups is 2. The van der Waals surface area contributed by atoms with Gasteiger partial charge in [0, 0.05) is 18.7 Å². The zero-order chi connectivity index (χ0) is 14.4. The molecule has 108 valence electrons. The Morgan fingerprint density at radius 2 is 2.05 bits per heavy atom. The molecule has 1 heterocycles. The number of hydrogen-bond donors (Lipinski definition) is 1. The lowest BCUT2D eigenvalue weighted by Gasteiger charge is -2.16. The van der Waals surface area contributed by atoms with E-state index in [-0.39, 0.29) is 5.92 Å².